The average molecular weight is 338 g/mol. The zero-order valence-electron chi connectivity index (χ0n) is 12.3. The summed E-state index contributed by atoms with van der Waals surface area (Å²) in [6, 6.07) is 3.65. The van der Waals surface area contributed by atoms with E-state index < -0.39 is 27.8 Å². The van der Waals surface area contributed by atoms with Crippen LogP contribution in [0.1, 0.15) is 13.8 Å². The lowest BCUT2D eigenvalue weighted by Crippen LogP contribution is -2.48. The molecule has 1 aliphatic heterocycles. The van der Waals surface area contributed by atoms with Gasteiger partial charge in [-0.25, -0.2) is 13.2 Å². The van der Waals surface area contributed by atoms with Gasteiger partial charge in [0.05, 0.1) is 4.90 Å². The molecular weight excluding hydrogens is 324 g/mol. The fourth-order valence-electron chi connectivity index (χ4n) is 1.90. The number of anilines is 1. The van der Waals surface area contributed by atoms with Gasteiger partial charge in [0.2, 0.25) is 15.9 Å². The quantitative estimate of drug-likeness (QED) is 0.603. The molecule has 0 fully saturated rings. The van der Waals surface area contributed by atoms with E-state index in [9.17, 15) is 22.8 Å². The lowest BCUT2D eigenvalue weighted by Gasteiger charge is -2.19. The smallest absolute Gasteiger partial charge is 0.337 e. The van der Waals surface area contributed by atoms with E-state index in [4.69, 9.17) is 4.74 Å². The number of benzene rings is 1. The third kappa shape index (κ3) is 4.02. The molecule has 0 saturated heterocycles. The van der Waals surface area contributed by atoms with Crippen molar-refractivity contribution in [2.24, 2.45) is 0 Å². The monoisotopic (exact) mass is 338 g/mol. The van der Waals surface area contributed by atoms with Crippen LogP contribution in [0.25, 0.3) is 0 Å². The average Bonchev–Trinajstić information content (AvgIpc) is 2.43. The SMILES string of the molecule is CC(=O)Nc1ccc(S(=O)(=O)NC2C(=O)C=C(C)OC2=O)cc1. The number of allylic oxidation sites excluding steroid dienone is 1. The normalized spacial score (nSPS) is 18.2. The summed E-state index contributed by atoms with van der Waals surface area (Å²) in [6.45, 7) is 2.74. The van der Waals surface area contributed by atoms with Crippen LogP contribution in [0, 0.1) is 0 Å². The Labute approximate surface area is 132 Å². The first-order valence-electron chi connectivity index (χ1n) is 6.53. The van der Waals surface area contributed by atoms with Crippen LogP contribution >= 0.6 is 0 Å². The first-order valence-corrected chi connectivity index (χ1v) is 8.01. The van der Waals surface area contributed by atoms with E-state index in [0.717, 1.165) is 6.08 Å². The zero-order chi connectivity index (χ0) is 17.2. The lowest BCUT2D eigenvalue weighted by atomic mass is 10.1. The standard InChI is InChI=1S/C14H14N2O6S/c1-8-7-12(18)13(14(19)22-8)16-23(20,21)11-5-3-10(4-6-11)15-9(2)17/h3-7,13,16H,1-2H3,(H,15,17). The maximum atomic E-state index is 12.2. The highest BCUT2D eigenvalue weighted by Crippen LogP contribution is 2.16. The van der Waals surface area contributed by atoms with Crippen molar-refractivity contribution in [1.82, 2.24) is 4.72 Å². The topological polar surface area (TPSA) is 119 Å². The minimum absolute atomic E-state index is 0.107. The van der Waals surface area contributed by atoms with E-state index in [1.807, 2.05) is 4.72 Å². The van der Waals surface area contributed by atoms with Gasteiger partial charge in [0.15, 0.2) is 11.8 Å². The van der Waals surface area contributed by atoms with Gasteiger partial charge in [0.25, 0.3) is 0 Å². The summed E-state index contributed by atoms with van der Waals surface area (Å²) in [5, 5.41) is 2.49. The minimum atomic E-state index is -4.10. The van der Waals surface area contributed by atoms with Crippen molar-refractivity contribution in [2.45, 2.75) is 24.8 Å². The number of hydrogen-bond donors (Lipinski definition) is 2. The molecule has 2 rings (SSSR count). The summed E-state index contributed by atoms with van der Waals surface area (Å²) in [7, 11) is -4.10. The molecular formula is C14H14N2O6S. The Morgan fingerprint density at radius 3 is 2.30 bits per heavy atom. The molecule has 1 aromatic carbocycles. The molecule has 0 radical (unpaired) electrons. The van der Waals surface area contributed by atoms with Gasteiger partial charge in [-0.1, -0.05) is 0 Å². The van der Waals surface area contributed by atoms with Crippen molar-refractivity contribution in [3.8, 4) is 0 Å². The molecule has 0 aliphatic carbocycles. The predicted octanol–water partition coefficient (Wildman–Crippen LogP) is 0.322. The highest BCUT2D eigenvalue weighted by Gasteiger charge is 2.35. The summed E-state index contributed by atoms with van der Waals surface area (Å²) < 4.78 is 31.2. The second-order valence-electron chi connectivity index (χ2n) is 4.84. The van der Waals surface area contributed by atoms with Crippen molar-refractivity contribution in [2.75, 3.05) is 5.32 Å². The van der Waals surface area contributed by atoms with Crippen LogP contribution in [0.2, 0.25) is 0 Å². The molecule has 122 valence electrons. The maximum absolute atomic E-state index is 12.2. The number of cyclic esters (lactones) is 1. The Balaban J connectivity index is 2.20. The van der Waals surface area contributed by atoms with E-state index >= 15 is 0 Å². The molecule has 2 N–H and O–H groups in total. The first kappa shape index (κ1) is 16.8. The molecule has 8 nitrogen and oxygen atoms in total. The van der Waals surface area contributed by atoms with Gasteiger partial charge >= 0.3 is 5.97 Å². The van der Waals surface area contributed by atoms with E-state index in [0.29, 0.717) is 5.69 Å². The Kier molecular flexibility index (Phi) is 4.62. The molecule has 9 heteroatoms. The van der Waals surface area contributed by atoms with Gasteiger partial charge in [0, 0.05) is 18.7 Å². The molecule has 0 spiro atoms. The van der Waals surface area contributed by atoms with Gasteiger partial charge in [-0.2, -0.15) is 4.72 Å². The van der Waals surface area contributed by atoms with Gasteiger partial charge in [-0.3, -0.25) is 9.59 Å². The maximum Gasteiger partial charge on any atom is 0.337 e. The predicted molar refractivity (Wildman–Crippen MR) is 79.7 cm³/mol. The molecule has 1 atom stereocenters. The number of rotatable bonds is 4. The van der Waals surface area contributed by atoms with Crippen LogP contribution in [0.5, 0.6) is 0 Å². The number of sulfonamides is 1. The van der Waals surface area contributed by atoms with Gasteiger partial charge in [0.1, 0.15) is 5.76 Å². The number of hydrogen-bond acceptors (Lipinski definition) is 6. The summed E-state index contributed by atoms with van der Waals surface area (Å²) in [4.78, 5) is 34.2. The van der Waals surface area contributed by atoms with E-state index in [-0.39, 0.29) is 16.6 Å². The lowest BCUT2D eigenvalue weighted by molar-refractivity contribution is -0.145. The minimum Gasteiger partial charge on any atom is -0.430 e. The Hall–Kier alpha value is -2.52. The third-order valence-electron chi connectivity index (χ3n) is 2.89. The summed E-state index contributed by atoms with van der Waals surface area (Å²) >= 11 is 0. The van der Waals surface area contributed by atoms with Crippen molar-refractivity contribution >= 4 is 33.4 Å². The molecule has 0 aromatic heterocycles. The van der Waals surface area contributed by atoms with Crippen LogP contribution in [-0.4, -0.2) is 32.1 Å². The Morgan fingerprint density at radius 1 is 1.17 bits per heavy atom. The number of ether oxygens (including phenoxy) is 1. The molecule has 1 unspecified atom stereocenters. The van der Waals surface area contributed by atoms with Crippen molar-refractivity contribution in [3.63, 3.8) is 0 Å². The van der Waals surface area contributed by atoms with E-state index in [1.54, 1.807) is 0 Å². The van der Waals surface area contributed by atoms with Gasteiger partial charge in [-0.05, 0) is 31.2 Å². The summed E-state index contributed by atoms with van der Waals surface area (Å²) in [5.74, 6) is -1.86. The highest BCUT2D eigenvalue weighted by atomic mass is 32.2. The van der Waals surface area contributed by atoms with Crippen molar-refractivity contribution in [1.29, 1.82) is 0 Å². The molecule has 0 bridgehead atoms. The summed E-state index contributed by atoms with van der Waals surface area (Å²) in [6.07, 6.45) is 1.05. The van der Waals surface area contributed by atoms with Crippen LogP contribution in [0.4, 0.5) is 5.69 Å². The second-order valence-corrected chi connectivity index (χ2v) is 6.55. The number of esters is 1. The summed E-state index contributed by atoms with van der Waals surface area (Å²) in [5.41, 5.74) is 0.420. The fraction of sp³-hybridized carbons (Fsp3) is 0.214. The van der Waals surface area contributed by atoms with Crippen LogP contribution in [-0.2, 0) is 29.1 Å². The van der Waals surface area contributed by atoms with Gasteiger partial charge in [-0.15, -0.1) is 0 Å². The number of carbonyl (C=O) groups is 3. The van der Waals surface area contributed by atoms with Gasteiger partial charge < -0.3 is 10.1 Å². The Morgan fingerprint density at radius 2 is 1.78 bits per heavy atom. The van der Waals surface area contributed by atoms with Crippen LogP contribution in [0.3, 0.4) is 0 Å². The zero-order valence-corrected chi connectivity index (χ0v) is 13.1. The molecule has 23 heavy (non-hydrogen) atoms. The highest BCUT2D eigenvalue weighted by molar-refractivity contribution is 7.89. The first-order chi connectivity index (χ1) is 10.7. The number of amides is 1. The third-order valence-corrected chi connectivity index (χ3v) is 4.32. The number of ketones is 1. The second kappa shape index (κ2) is 6.31. The number of carbonyl (C=O) groups excluding carboxylic acids is 3. The fourth-order valence-corrected chi connectivity index (χ4v) is 3.05. The van der Waals surface area contributed by atoms with Crippen molar-refractivity contribution < 1.29 is 27.5 Å². The van der Waals surface area contributed by atoms with Crippen LogP contribution < -0.4 is 10.0 Å². The largest absolute Gasteiger partial charge is 0.430 e. The molecule has 1 aliphatic rings. The van der Waals surface area contributed by atoms with E-state index in [2.05, 4.69) is 5.32 Å². The van der Waals surface area contributed by atoms with E-state index in [1.165, 1.54) is 38.1 Å². The molecule has 0 saturated carbocycles. The van der Waals surface area contributed by atoms with Crippen molar-refractivity contribution in [3.05, 3.63) is 36.1 Å². The number of nitrogens with one attached hydrogen (secondary N) is 2. The molecule has 1 heterocycles. The molecule has 1 aromatic rings. The van der Waals surface area contributed by atoms with Crippen LogP contribution in [0.15, 0.2) is 41.0 Å². The molecule has 1 amide bonds. The Bertz CT molecular complexity index is 795.